The summed E-state index contributed by atoms with van der Waals surface area (Å²) in [7, 11) is -3.64. The Morgan fingerprint density at radius 1 is 1.25 bits per heavy atom. The summed E-state index contributed by atoms with van der Waals surface area (Å²) < 4.78 is 32.8. The molecular formula is C20H23ClN2O4S. The van der Waals surface area contributed by atoms with Gasteiger partial charge in [-0.3, -0.25) is 4.79 Å². The zero-order valence-electron chi connectivity index (χ0n) is 15.5. The first-order valence-electron chi connectivity index (χ1n) is 9.13. The second kappa shape index (κ2) is 9.05. The van der Waals surface area contributed by atoms with Crippen molar-refractivity contribution in [2.45, 2.75) is 36.8 Å². The van der Waals surface area contributed by atoms with Gasteiger partial charge in [-0.15, -0.1) is 0 Å². The summed E-state index contributed by atoms with van der Waals surface area (Å²) in [6.45, 7) is 2.78. The largest absolute Gasteiger partial charge is 0.377 e. The molecule has 1 heterocycles. The molecule has 1 saturated heterocycles. The lowest BCUT2D eigenvalue weighted by atomic mass is 10.1. The molecule has 2 aromatic carbocycles. The highest BCUT2D eigenvalue weighted by Crippen LogP contribution is 2.18. The van der Waals surface area contributed by atoms with Gasteiger partial charge in [-0.1, -0.05) is 23.7 Å². The zero-order valence-corrected chi connectivity index (χ0v) is 17.1. The van der Waals surface area contributed by atoms with Crippen molar-refractivity contribution in [1.82, 2.24) is 10.0 Å². The van der Waals surface area contributed by atoms with Gasteiger partial charge in [-0.05, 0) is 61.7 Å². The average molecular weight is 423 g/mol. The van der Waals surface area contributed by atoms with Gasteiger partial charge < -0.3 is 10.1 Å². The molecule has 0 aromatic heterocycles. The lowest BCUT2D eigenvalue weighted by Crippen LogP contribution is -2.32. The van der Waals surface area contributed by atoms with Crippen LogP contribution in [0.15, 0.2) is 53.4 Å². The van der Waals surface area contributed by atoms with Gasteiger partial charge in [-0.25, -0.2) is 13.1 Å². The van der Waals surface area contributed by atoms with Crippen molar-refractivity contribution in [1.29, 1.82) is 0 Å². The number of hydrogen-bond donors (Lipinski definition) is 2. The number of benzene rings is 2. The summed E-state index contributed by atoms with van der Waals surface area (Å²) in [5, 5.41) is 3.48. The van der Waals surface area contributed by atoms with Crippen LogP contribution in [0.25, 0.3) is 0 Å². The summed E-state index contributed by atoms with van der Waals surface area (Å²) in [6, 6.07) is 12.9. The normalized spacial score (nSPS) is 18.0. The Labute approximate surface area is 170 Å². The van der Waals surface area contributed by atoms with Gasteiger partial charge in [0.1, 0.15) is 0 Å². The number of amides is 1. The maximum atomic E-state index is 12.4. The van der Waals surface area contributed by atoms with Crippen LogP contribution in [0.2, 0.25) is 5.02 Å². The highest BCUT2D eigenvalue weighted by Gasteiger charge is 2.20. The third-order valence-electron chi connectivity index (χ3n) is 4.65. The number of sulfonamides is 1. The van der Waals surface area contributed by atoms with Crippen LogP contribution in [-0.4, -0.2) is 33.6 Å². The van der Waals surface area contributed by atoms with E-state index in [1.54, 1.807) is 12.1 Å². The SMILES string of the molecule is CC(NC(=O)c1ccc(S(=O)(=O)NCC2CCCO2)cc1)c1cccc(Cl)c1. The Morgan fingerprint density at radius 3 is 2.64 bits per heavy atom. The van der Waals surface area contributed by atoms with Gasteiger partial charge in [0.15, 0.2) is 0 Å². The van der Waals surface area contributed by atoms with E-state index in [-0.39, 0.29) is 29.5 Å². The first-order valence-corrected chi connectivity index (χ1v) is 11.0. The summed E-state index contributed by atoms with van der Waals surface area (Å²) >= 11 is 5.99. The van der Waals surface area contributed by atoms with Gasteiger partial charge in [-0.2, -0.15) is 0 Å². The maximum absolute atomic E-state index is 12.4. The Morgan fingerprint density at radius 2 is 2.00 bits per heavy atom. The number of ether oxygens (including phenoxy) is 1. The van der Waals surface area contributed by atoms with E-state index in [0.717, 1.165) is 18.4 Å². The molecule has 1 aliphatic rings. The lowest BCUT2D eigenvalue weighted by Gasteiger charge is -2.15. The summed E-state index contributed by atoms with van der Waals surface area (Å²) in [5.41, 5.74) is 1.27. The van der Waals surface area contributed by atoms with Crippen LogP contribution in [0.1, 0.15) is 41.7 Å². The molecule has 2 atom stereocenters. The van der Waals surface area contributed by atoms with E-state index in [2.05, 4.69) is 10.0 Å². The molecule has 1 aliphatic heterocycles. The van der Waals surface area contributed by atoms with Crippen molar-refractivity contribution >= 4 is 27.5 Å². The molecule has 150 valence electrons. The highest BCUT2D eigenvalue weighted by molar-refractivity contribution is 7.89. The molecular weight excluding hydrogens is 400 g/mol. The van der Waals surface area contributed by atoms with Crippen LogP contribution >= 0.6 is 11.6 Å². The van der Waals surface area contributed by atoms with Crippen LogP contribution in [0, 0.1) is 0 Å². The van der Waals surface area contributed by atoms with Crippen LogP contribution in [0.5, 0.6) is 0 Å². The summed E-state index contributed by atoms with van der Waals surface area (Å²) in [4.78, 5) is 12.6. The molecule has 0 aliphatic carbocycles. The van der Waals surface area contributed by atoms with Crippen molar-refractivity contribution < 1.29 is 17.9 Å². The number of rotatable bonds is 7. The topological polar surface area (TPSA) is 84.5 Å². The van der Waals surface area contributed by atoms with Gasteiger partial charge in [0.05, 0.1) is 17.0 Å². The first kappa shape index (κ1) is 20.8. The molecule has 28 heavy (non-hydrogen) atoms. The minimum Gasteiger partial charge on any atom is -0.377 e. The molecule has 1 fully saturated rings. The van der Waals surface area contributed by atoms with E-state index in [0.29, 0.717) is 17.2 Å². The van der Waals surface area contributed by atoms with Crippen molar-refractivity contribution in [2.75, 3.05) is 13.2 Å². The molecule has 0 bridgehead atoms. The zero-order chi connectivity index (χ0) is 20.1. The molecule has 3 rings (SSSR count). The molecule has 2 N–H and O–H groups in total. The van der Waals surface area contributed by atoms with E-state index in [9.17, 15) is 13.2 Å². The number of carbonyl (C=O) groups is 1. The van der Waals surface area contributed by atoms with E-state index >= 15 is 0 Å². The molecule has 2 aromatic rings. The molecule has 2 unspecified atom stereocenters. The molecule has 0 spiro atoms. The molecule has 6 nitrogen and oxygen atoms in total. The third kappa shape index (κ3) is 5.32. The predicted molar refractivity (Wildman–Crippen MR) is 108 cm³/mol. The van der Waals surface area contributed by atoms with Gasteiger partial charge in [0.2, 0.25) is 10.0 Å². The number of hydrogen-bond acceptors (Lipinski definition) is 4. The number of halogens is 1. The molecule has 8 heteroatoms. The highest BCUT2D eigenvalue weighted by atomic mass is 35.5. The Kier molecular flexibility index (Phi) is 6.72. The smallest absolute Gasteiger partial charge is 0.251 e. The fourth-order valence-electron chi connectivity index (χ4n) is 3.02. The van der Waals surface area contributed by atoms with E-state index in [1.807, 2.05) is 19.1 Å². The molecule has 0 radical (unpaired) electrons. The number of nitrogens with one attached hydrogen (secondary N) is 2. The van der Waals surface area contributed by atoms with Crippen molar-refractivity contribution in [3.05, 3.63) is 64.7 Å². The average Bonchev–Trinajstić information content (AvgIpc) is 3.20. The van der Waals surface area contributed by atoms with Crippen LogP contribution in [0.4, 0.5) is 0 Å². The Hall–Kier alpha value is -1.93. The lowest BCUT2D eigenvalue weighted by molar-refractivity contribution is 0.0939. The van der Waals surface area contributed by atoms with Crippen LogP contribution in [0.3, 0.4) is 0 Å². The van der Waals surface area contributed by atoms with Crippen molar-refractivity contribution in [2.24, 2.45) is 0 Å². The van der Waals surface area contributed by atoms with E-state index in [1.165, 1.54) is 24.3 Å². The van der Waals surface area contributed by atoms with Crippen LogP contribution in [-0.2, 0) is 14.8 Å². The second-order valence-corrected chi connectivity index (χ2v) is 8.96. The Balaban J connectivity index is 1.61. The second-order valence-electron chi connectivity index (χ2n) is 6.76. The minimum absolute atomic E-state index is 0.0761. The van der Waals surface area contributed by atoms with E-state index in [4.69, 9.17) is 16.3 Å². The van der Waals surface area contributed by atoms with Gasteiger partial charge >= 0.3 is 0 Å². The monoisotopic (exact) mass is 422 g/mol. The Bertz CT molecular complexity index is 925. The summed E-state index contributed by atoms with van der Waals surface area (Å²) in [6.07, 6.45) is 1.73. The fourth-order valence-corrected chi connectivity index (χ4v) is 4.28. The van der Waals surface area contributed by atoms with Gasteiger partial charge in [0, 0.05) is 23.7 Å². The first-order chi connectivity index (χ1) is 13.3. The summed E-state index contributed by atoms with van der Waals surface area (Å²) in [5.74, 6) is -0.288. The number of carbonyl (C=O) groups excluding carboxylic acids is 1. The van der Waals surface area contributed by atoms with E-state index < -0.39 is 10.0 Å². The fraction of sp³-hybridized carbons (Fsp3) is 0.350. The van der Waals surface area contributed by atoms with Gasteiger partial charge in [0.25, 0.3) is 5.91 Å². The minimum atomic E-state index is -3.64. The third-order valence-corrected chi connectivity index (χ3v) is 6.32. The van der Waals surface area contributed by atoms with Crippen LogP contribution < -0.4 is 10.0 Å². The standard InChI is InChI=1S/C20H23ClN2O4S/c1-14(16-4-2-5-17(21)12-16)23-20(24)15-7-9-19(10-8-15)28(25,26)22-13-18-6-3-11-27-18/h2,4-5,7-10,12,14,18,22H,3,6,11,13H2,1H3,(H,23,24). The predicted octanol–water partition coefficient (Wildman–Crippen LogP) is 3.29. The van der Waals surface area contributed by atoms with Crippen molar-refractivity contribution in [3.8, 4) is 0 Å². The van der Waals surface area contributed by atoms with Crippen molar-refractivity contribution in [3.63, 3.8) is 0 Å². The molecule has 1 amide bonds. The maximum Gasteiger partial charge on any atom is 0.251 e. The quantitative estimate of drug-likeness (QED) is 0.717. The molecule has 0 saturated carbocycles.